The predicted octanol–water partition coefficient (Wildman–Crippen LogP) is 5.95. The van der Waals surface area contributed by atoms with Crippen molar-refractivity contribution in [2.45, 2.75) is 26.8 Å². The van der Waals surface area contributed by atoms with Gasteiger partial charge in [-0.25, -0.2) is 0 Å². The van der Waals surface area contributed by atoms with Gasteiger partial charge in [-0.05, 0) is 53.3 Å². The van der Waals surface area contributed by atoms with Crippen molar-refractivity contribution in [2.75, 3.05) is 30.9 Å². The third kappa shape index (κ3) is 6.83. The van der Waals surface area contributed by atoms with E-state index < -0.39 is 0 Å². The maximum Gasteiger partial charge on any atom is 0.257 e. The lowest BCUT2D eigenvalue weighted by Crippen LogP contribution is -2.35. The number of nitrogens with one attached hydrogen (secondary N) is 1. The third-order valence-electron chi connectivity index (χ3n) is 5.14. The van der Waals surface area contributed by atoms with E-state index in [2.05, 4.69) is 19.2 Å². The summed E-state index contributed by atoms with van der Waals surface area (Å²) in [7, 11) is 3.95. The van der Waals surface area contributed by atoms with Gasteiger partial charge in [0.05, 0.1) is 17.0 Å². The third-order valence-corrected chi connectivity index (χ3v) is 6.35. The molecule has 1 aromatic heterocycles. The minimum Gasteiger partial charge on any atom is -0.377 e. The van der Waals surface area contributed by atoms with Crippen LogP contribution in [-0.4, -0.2) is 37.4 Å². The monoisotopic (exact) mass is 483 g/mol. The first-order chi connectivity index (χ1) is 15.7. The van der Waals surface area contributed by atoms with E-state index >= 15 is 0 Å². The zero-order valence-corrected chi connectivity index (χ0v) is 21.0. The van der Waals surface area contributed by atoms with Gasteiger partial charge < -0.3 is 15.1 Å². The molecule has 0 aliphatic heterocycles. The number of carbonyl (C=O) groups is 2. The second-order valence-corrected chi connectivity index (χ2v) is 10.0. The van der Waals surface area contributed by atoms with Crippen molar-refractivity contribution < 1.29 is 9.59 Å². The number of hydrogen-bond acceptors (Lipinski definition) is 4. The topological polar surface area (TPSA) is 52.7 Å². The molecule has 3 rings (SSSR count). The van der Waals surface area contributed by atoms with Crippen LogP contribution in [-0.2, 0) is 17.8 Å². The molecule has 0 bridgehead atoms. The number of rotatable bonds is 9. The Balaban J connectivity index is 1.86. The second-order valence-electron chi connectivity index (χ2n) is 8.60. The van der Waals surface area contributed by atoms with Gasteiger partial charge in [0, 0.05) is 43.4 Å². The normalized spacial score (nSPS) is 10.8. The van der Waals surface area contributed by atoms with Gasteiger partial charge >= 0.3 is 0 Å². The zero-order chi connectivity index (χ0) is 24.0. The SMILES string of the molecule is CC(C)CN(Cc1cc(NC(=O)c2ccccc2Cl)ccc1N(C)C)C(=O)Cc1cccs1. The van der Waals surface area contributed by atoms with Crippen LogP contribution in [0.25, 0.3) is 0 Å². The lowest BCUT2D eigenvalue weighted by molar-refractivity contribution is -0.131. The second kappa shape index (κ2) is 11.3. The van der Waals surface area contributed by atoms with Gasteiger partial charge in [0.1, 0.15) is 0 Å². The van der Waals surface area contributed by atoms with Crippen LogP contribution in [0.1, 0.15) is 34.6 Å². The van der Waals surface area contributed by atoms with E-state index in [0.717, 1.165) is 16.1 Å². The molecule has 2 aromatic carbocycles. The minimum absolute atomic E-state index is 0.0985. The van der Waals surface area contributed by atoms with E-state index in [4.69, 9.17) is 11.6 Å². The fraction of sp³-hybridized carbons (Fsp3) is 0.308. The maximum absolute atomic E-state index is 13.2. The first-order valence-corrected chi connectivity index (χ1v) is 12.2. The molecule has 5 nitrogen and oxygen atoms in total. The lowest BCUT2D eigenvalue weighted by Gasteiger charge is -2.27. The Morgan fingerprint density at radius 3 is 2.45 bits per heavy atom. The highest BCUT2D eigenvalue weighted by Gasteiger charge is 2.19. The molecular formula is C26H30ClN3O2S. The van der Waals surface area contributed by atoms with Crippen molar-refractivity contribution in [1.82, 2.24) is 4.90 Å². The van der Waals surface area contributed by atoms with Crippen molar-refractivity contribution in [3.63, 3.8) is 0 Å². The van der Waals surface area contributed by atoms with Crippen LogP contribution in [0.2, 0.25) is 5.02 Å². The van der Waals surface area contributed by atoms with E-state index in [0.29, 0.717) is 41.7 Å². The van der Waals surface area contributed by atoms with Gasteiger partial charge in [0.25, 0.3) is 5.91 Å². The molecule has 0 aliphatic rings. The summed E-state index contributed by atoms with van der Waals surface area (Å²) in [5.74, 6) is 0.168. The van der Waals surface area contributed by atoms with E-state index in [9.17, 15) is 9.59 Å². The molecule has 33 heavy (non-hydrogen) atoms. The Kier molecular flexibility index (Phi) is 8.53. The summed E-state index contributed by atoms with van der Waals surface area (Å²) in [5, 5.41) is 5.34. The highest BCUT2D eigenvalue weighted by molar-refractivity contribution is 7.10. The highest BCUT2D eigenvalue weighted by atomic mass is 35.5. The summed E-state index contributed by atoms with van der Waals surface area (Å²) >= 11 is 7.78. The molecule has 0 radical (unpaired) electrons. The van der Waals surface area contributed by atoms with Gasteiger partial charge in [-0.1, -0.05) is 43.6 Å². The summed E-state index contributed by atoms with van der Waals surface area (Å²) in [4.78, 5) is 30.9. The summed E-state index contributed by atoms with van der Waals surface area (Å²) < 4.78 is 0. The minimum atomic E-state index is -0.267. The quantitative estimate of drug-likeness (QED) is 0.409. The standard InChI is InChI=1S/C26H30ClN3O2S/c1-18(2)16-30(25(31)15-21-8-7-13-33-21)17-19-14-20(11-12-24(19)29(3)4)28-26(32)22-9-5-6-10-23(22)27/h5-14,18H,15-17H2,1-4H3,(H,28,32). The van der Waals surface area contributed by atoms with Crippen molar-refractivity contribution in [3.8, 4) is 0 Å². The number of thiophene rings is 1. The van der Waals surface area contributed by atoms with Crippen LogP contribution in [0.4, 0.5) is 11.4 Å². The van der Waals surface area contributed by atoms with Gasteiger partial charge in [-0.15, -0.1) is 11.3 Å². The first-order valence-electron chi connectivity index (χ1n) is 10.9. The number of nitrogens with zero attached hydrogens (tertiary/aromatic N) is 2. The Bertz CT molecular complexity index is 1100. The van der Waals surface area contributed by atoms with Crippen LogP contribution in [0.15, 0.2) is 60.0 Å². The number of hydrogen-bond donors (Lipinski definition) is 1. The number of amides is 2. The van der Waals surface area contributed by atoms with Crippen molar-refractivity contribution in [1.29, 1.82) is 0 Å². The molecule has 7 heteroatoms. The van der Waals surface area contributed by atoms with E-state index in [1.165, 1.54) is 0 Å². The molecule has 1 N–H and O–H groups in total. The summed E-state index contributed by atoms with van der Waals surface area (Å²) in [6, 6.07) is 16.7. The molecule has 1 heterocycles. The Labute approximate surface area is 205 Å². The highest BCUT2D eigenvalue weighted by Crippen LogP contribution is 2.26. The fourth-order valence-corrected chi connectivity index (χ4v) is 4.56. The lowest BCUT2D eigenvalue weighted by atomic mass is 10.1. The van der Waals surface area contributed by atoms with Gasteiger partial charge in [0.2, 0.25) is 5.91 Å². The van der Waals surface area contributed by atoms with Crippen LogP contribution in [0.5, 0.6) is 0 Å². The average molecular weight is 484 g/mol. The summed E-state index contributed by atoms with van der Waals surface area (Å²) in [5.41, 5.74) is 3.06. The Morgan fingerprint density at radius 2 is 1.82 bits per heavy atom. The number of benzene rings is 2. The van der Waals surface area contributed by atoms with E-state index in [-0.39, 0.29) is 11.8 Å². The van der Waals surface area contributed by atoms with Crippen molar-refractivity contribution in [3.05, 3.63) is 81.0 Å². The van der Waals surface area contributed by atoms with Gasteiger partial charge in [-0.2, -0.15) is 0 Å². The summed E-state index contributed by atoms with van der Waals surface area (Å²) in [6.45, 7) is 5.34. The van der Waals surface area contributed by atoms with Gasteiger partial charge in [0.15, 0.2) is 0 Å². The average Bonchev–Trinajstić information content (AvgIpc) is 3.26. The smallest absolute Gasteiger partial charge is 0.257 e. The Hall–Kier alpha value is -2.83. The fourth-order valence-electron chi connectivity index (χ4n) is 3.64. The van der Waals surface area contributed by atoms with Crippen molar-refractivity contribution >= 4 is 46.1 Å². The molecule has 3 aromatic rings. The predicted molar refractivity (Wildman–Crippen MR) is 138 cm³/mol. The summed E-state index contributed by atoms with van der Waals surface area (Å²) in [6.07, 6.45) is 0.393. The van der Waals surface area contributed by atoms with Gasteiger partial charge in [-0.3, -0.25) is 9.59 Å². The number of carbonyl (C=O) groups excluding carboxylic acids is 2. The maximum atomic E-state index is 13.2. The van der Waals surface area contributed by atoms with Crippen LogP contribution in [0.3, 0.4) is 0 Å². The molecule has 0 spiro atoms. The van der Waals surface area contributed by atoms with Crippen LogP contribution in [0, 0.1) is 5.92 Å². The molecule has 0 saturated heterocycles. The molecule has 0 fully saturated rings. The van der Waals surface area contributed by atoms with Crippen molar-refractivity contribution in [2.24, 2.45) is 5.92 Å². The number of halogens is 1. The van der Waals surface area contributed by atoms with Crippen LogP contribution >= 0.6 is 22.9 Å². The Morgan fingerprint density at radius 1 is 1.06 bits per heavy atom. The molecular weight excluding hydrogens is 454 g/mol. The van der Waals surface area contributed by atoms with E-state index in [1.54, 1.807) is 35.6 Å². The molecule has 0 saturated carbocycles. The number of anilines is 2. The zero-order valence-electron chi connectivity index (χ0n) is 19.5. The first kappa shape index (κ1) is 24.8. The van der Waals surface area contributed by atoms with E-state index in [1.807, 2.05) is 59.6 Å². The largest absolute Gasteiger partial charge is 0.377 e. The molecule has 0 atom stereocenters. The molecule has 0 unspecified atom stereocenters. The van der Waals surface area contributed by atoms with Crippen LogP contribution < -0.4 is 10.2 Å². The molecule has 2 amide bonds. The molecule has 0 aliphatic carbocycles. The molecule has 174 valence electrons.